The van der Waals surface area contributed by atoms with Crippen LogP contribution in [0.25, 0.3) is 0 Å². The Morgan fingerprint density at radius 2 is 1.88 bits per heavy atom. The first-order valence-corrected chi connectivity index (χ1v) is 9.70. The number of rotatable bonds is 7. The van der Waals surface area contributed by atoms with Crippen molar-refractivity contribution in [3.63, 3.8) is 0 Å². The van der Waals surface area contributed by atoms with Crippen molar-refractivity contribution in [1.29, 1.82) is 0 Å². The van der Waals surface area contributed by atoms with Gasteiger partial charge in [-0.1, -0.05) is 30.6 Å². The zero-order valence-electron chi connectivity index (χ0n) is 13.8. The molecule has 0 radical (unpaired) electrons. The summed E-state index contributed by atoms with van der Waals surface area (Å²) in [4.78, 5) is 23.6. The lowest BCUT2D eigenvalue weighted by Crippen LogP contribution is -2.43. The number of carbonyl (C=O) groups excluding carboxylic acids is 2. The Kier molecular flexibility index (Phi) is 6.01. The smallest absolute Gasteiger partial charge is 0.315 e. The summed E-state index contributed by atoms with van der Waals surface area (Å²) in [6.07, 6.45) is 9.12. The van der Waals surface area contributed by atoms with Gasteiger partial charge < -0.3 is 16.0 Å². The molecule has 2 aliphatic carbocycles. The number of aromatic nitrogens is 2. The number of carbonyl (C=O) groups is 2. The van der Waals surface area contributed by atoms with Crippen LogP contribution in [0.1, 0.15) is 68.7 Å². The molecule has 3 rings (SSSR count). The molecule has 0 spiro atoms. The summed E-state index contributed by atoms with van der Waals surface area (Å²) in [6.45, 7) is 0.495. The Hall–Kier alpha value is -1.70. The number of amides is 3. The summed E-state index contributed by atoms with van der Waals surface area (Å²) in [5.41, 5.74) is 0. The summed E-state index contributed by atoms with van der Waals surface area (Å²) in [5, 5.41) is 18.3. The molecular formula is C16H25N5O2S. The maximum absolute atomic E-state index is 11.9. The molecule has 24 heavy (non-hydrogen) atoms. The normalized spacial score (nSPS) is 18.2. The Morgan fingerprint density at radius 3 is 2.62 bits per heavy atom. The molecule has 1 heterocycles. The molecule has 2 fully saturated rings. The molecule has 132 valence electrons. The summed E-state index contributed by atoms with van der Waals surface area (Å²) in [7, 11) is 0. The second-order valence-corrected chi connectivity index (χ2v) is 7.62. The second-order valence-electron chi connectivity index (χ2n) is 6.61. The van der Waals surface area contributed by atoms with Crippen molar-refractivity contribution in [2.75, 3.05) is 11.9 Å². The molecule has 7 nitrogen and oxygen atoms in total. The number of urea groups is 1. The minimum absolute atomic E-state index is 0.0806. The minimum Gasteiger partial charge on any atom is -0.338 e. The fourth-order valence-electron chi connectivity index (χ4n) is 2.90. The number of hydrogen-bond donors (Lipinski definition) is 3. The molecule has 2 aliphatic rings. The van der Waals surface area contributed by atoms with E-state index in [2.05, 4.69) is 26.1 Å². The van der Waals surface area contributed by atoms with Crippen molar-refractivity contribution in [3.05, 3.63) is 5.01 Å². The molecule has 0 aromatic carbocycles. The third kappa shape index (κ3) is 5.43. The fourth-order valence-corrected chi connectivity index (χ4v) is 3.82. The van der Waals surface area contributed by atoms with Crippen molar-refractivity contribution >= 4 is 28.4 Å². The van der Waals surface area contributed by atoms with Crippen molar-refractivity contribution in [2.24, 2.45) is 0 Å². The van der Waals surface area contributed by atoms with Gasteiger partial charge in [0, 0.05) is 24.9 Å². The van der Waals surface area contributed by atoms with Crippen LogP contribution >= 0.6 is 11.3 Å². The average Bonchev–Trinajstić information content (AvgIpc) is 3.33. The zero-order valence-corrected chi connectivity index (χ0v) is 14.7. The summed E-state index contributed by atoms with van der Waals surface area (Å²) in [6, 6.07) is 0.181. The van der Waals surface area contributed by atoms with Crippen LogP contribution in [0.2, 0.25) is 0 Å². The first-order valence-electron chi connectivity index (χ1n) is 8.88. The number of anilines is 1. The van der Waals surface area contributed by atoms with Gasteiger partial charge in [0.05, 0.1) is 0 Å². The van der Waals surface area contributed by atoms with Gasteiger partial charge in [0.1, 0.15) is 5.01 Å². The van der Waals surface area contributed by atoms with E-state index < -0.39 is 0 Å². The lowest BCUT2D eigenvalue weighted by Gasteiger charge is -2.22. The lowest BCUT2D eigenvalue weighted by molar-refractivity contribution is -0.116. The Labute approximate surface area is 146 Å². The molecule has 8 heteroatoms. The highest BCUT2D eigenvalue weighted by Gasteiger charge is 2.27. The van der Waals surface area contributed by atoms with Gasteiger partial charge in [0.15, 0.2) is 0 Å². The van der Waals surface area contributed by atoms with Gasteiger partial charge in [0.2, 0.25) is 11.0 Å². The summed E-state index contributed by atoms with van der Waals surface area (Å²) < 4.78 is 0. The maximum atomic E-state index is 11.9. The number of nitrogens with zero attached hydrogens (tertiary/aromatic N) is 2. The van der Waals surface area contributed by atoms with Gasteiger partial charge in [-0.25, -0.2) is 4.79 Å². The Morgan fingerprint density at radius 1 is 1.08 bits per heavy atom. The van der Waals surface area contributed by atoms with E-state index in [9.17, 15) is 9.59 Å². The highest BCUT2D eigenvalue weighted by Crippen LogP contribution is 2.42. The minimum atomic E-state index is -0.125. The van der Waals surface area contributed by atoms with Crippen LogP contribution in [-0.2, 0) is 4.79 Å². The van der Waals surface area contributed by atoms with Crippen molar-refractivity contribution in [3.8, 4) is 0 Å². The van der Waals surface area contributed by atoms with Crippen LogP contribution < -0.4 is 16.0 Å². The molecule has 0 unspecified atom stereocenters. The van der Waals surface area contributed by atoms with E-state index in [1.54, 1.807) is 0 Å². The Bertz CT molecular complexity index is 567. The van der Waals surface area contributed by atoms with Crippen molar-refractivity contribution in [2.45, 2.75) is 69.7 Å². The quantitative estimate of drug-likeness (QED) is 0.658. The van der Waals surface area contributed by atoms with E-state index in [-0.39, 0.29) is 11.9 Å². The summed E-state index contributed by atoms with van der Waals surface area (Å²) in [5.74, 6) is 0.475. The molecule has 0 aliphatic heterocycles. The van der Waals surface area contributed by atoms with E-state index in [1.807, 2.05) is 0 Å². The van der Waals surface area contributed by atoms with Gasteiger partial charge >= 0.3 is 6.03 Å². The third-order valence-electron chi connectivity index (χ3n) is 4.42. The molecule has 2 saturated carbocycles. The number of hydrogen-bond acceptors (Lipinski definition) is 5. The van der Waals surface area contributed by atoms with Gasteiger partial charge in [-0.3, -0.25) is 4.79 Å². The van der Waals surface area contributed by atoms with Gasteiger partial charge in [0.25, 0.3) is 0 Å². The van der Waals surface area contributed by atoms with E-state index in [0.29, 0.717) is 36.5 Å². The monoisotopic (exact) mass is 351 g/mol. The highest BCUT2D eigenvalue weighted by molar-refractivity contribution is 7.15. The molecule has 3 N–H and O–H groups in total. The summed E-state index contributed by atoms with van der Waals surface area (Å²) >= 11 is 1.46. The third-order valence-corrected chi connectivity index (χ3v) is 5.42. The molecule has 0 atom stereocenters. The Balaban J connectivity index is 1.26. The SMILES string of the molecule is O=C(CCCNC(=O)NC1CCCCC1)Nc1nnc(C2CC2)s1. The van der Waals surface area contributed by atoms with Gasteiger partial charge in [-0.2, -0.15) is 0 Å². The molecule has 1 aromatic heterocycles. The van der Waals surface area contributed by atoms with E-state index in [4.69, 9.17) is 0 Å². The van der Waals surface area contributed by atoms with E-state index in [0.717, 1.165) is 17.8 Å². The molecule has 3 amide bonds. The van der Waals surface area contributed by atoms with Crippen molar-refractivity contribution < 1.29 is 9.59 Å². The van der Waals surface area contributed by atoms with Gasteiger partial charge in [-0.05, 0) is 32.1 Å². The molecule has 0 bridgehead atoms. The predicted molar refractivity (Wildman–Crippen MR) is 93.2 cm³/mol. The molecule has 0 saturated heterocycles. The maximum Gasteiger partial charge on any atom is 0.315 e. The first-order chi connectivity index (χ1) is 11.7. The van der Waals surface area contributed by atoms with Crippen LogP contribution in [0.4, 0.5) is 9.93 Å². The van der Waals surface area contributed by atoms with Gasteiger partial charge in [-0.15, -0.1) is 10.2 Å². The second kappa shape index (κ2) is 8.41. The fraction of sp³-hybridized carbons (Fsp3) is 0.750. The predicted octanol–water partition coefficient (Wildman–Crippen LogP) is 2.77. The van der Waals surface area contributed by atoms with Crippen LogP contribution in [0.5, 0.6) is 0 Å². The van der Waals surface area contributed by atoms with Crippen molar-refractivity contribution in [1.82, 2.24) is 20.8 Å². The van der Waals surface area contributed by atoms with Crippen LogP contribution in [0, 0.1) is 0 Å². The number of nitrogens with one attached hydrogen (secondary N) is 3. The largest absolute Gasteiger partial charge is 0.338 e. The van der Waals surface area contributed by atoms with E-state index >= 15 is 0 Å². The van der Waals surface area contributed by atoms with Crippen LogP contribution in [0.3, 0.4) is 0 Å². The topological polar surface area (TPSA) is 96.0 Å². The first kappa shape index (κ1) is 17.1. The lowest BCUT2D eigenvalue weighted by atomic mass is 9.96. The molecule has 1 aromatic rings. The van der Waals surface area contributed by atoms with Crippen LogP contribution in [0.15, 0.2) is 0 Å². The van der Waals surface area contributed by atoms with Crippen LogP contribution in [-0.4, -0.2) is 34.7 Å². The highest BCUT2D eigenvalue weighted by atomic mass is 32.1. The molecular weight excluding hydrogens is 326 g/mol. The zero-order chi connectivity index (χ0) is 16.8. The standard InChI is InChI=1S/C16H25N5O2S/c22-13(19-16-21-20-14(24-16)11-8-9-11)7-4-10-17-15(23)18-12-5-2-1-3-6-12/h11-12H,1-10H2,(H2,17,18,23)(H,19,21,22). The van der Waals surface area contributed by atoms with E-state index in [1.165, 1.54) is 43.4 Å². The average molecular weight is 351 g/mol.